The van der Waals surface area contributed by atoms with E-state index < -0.39 is 10.8 Å². The second-order valence-corrected chi connectivity index (χ2v) is 7.41. The Kier molecular flexibility index (Phi) is 2.93. The lowest BCUT2D eigenvalue weighted by atomic mass is 9.63. The standard InChI is InChI=1S/C18H15N3O5/c22-16(8-1-3-9(4-2-8)21(25)26)19-20-17(23)14-10-5-6-11(13-7-12(10)13)15(14)18(20)24/h1-6,10-15H,7H2,(H,19,22)/t10?,11?,12?,13?,14-,15+. The molecule has 3 fully saturated rings. The number of rotatable bonds is 3. The van der Waals surface area contributed by atoms with Gasteiger partial charge in [-0.15, -0.1) is 0 Å². The first kappa shape index (κ1) is 15.2. The number of nitro benzene ring substituents is 1. The second kappa shape index (κ2) is 5.00. The molecule has 2 saturated carbocycles. The van der Waals surface area contributed by atoms with Crippen molar-refractivity contribution in [2.24, 2.45) is 35.5 Å². The summed E-state index contributed by atoms with van der Waals surface area (Å²) in [7, 11) is 0. The van der Waals surface area contributed by atoms with Gasteiger partial charge in [-0.25, -0.2) is 0 Å². The van der Waals surface area contributed by atoms with Crippen LogP contribution in [0.15, 0.2) is 36.4 Å². The van der Waals surface area contributed by atoms with E-state index in [1.807, 2.05) is 0 Å². The minimum atomic E-state index is -0.634. The Balaban J connectivity index is 1.37. The molecule has 1 aromatic carbocycles. The van der Waals surface area contributed by atoms with Crippen LogP contribution in [0.2, 0.25) is 0 Å². The molecular weight excluding hydrogens is 338 g/mol. The van der Waals surface area contributed by atoms with E-state index in [1.54, 1.807) is 0 Å². The number of non-ortho nitro benzene ring substituents is 1. The van der Waals surface area contributed by atoms with Gasteiger partial charge in [0, 0.05) is 17.7 Å². The number of nitrogens with zero attached hydrogens (tertiary/aromatic N) is 2. The smallest absolute Gasteiger partial charge is 0.270 e. The number of hydrazine groups is 1. The minimum Gasteiger partial charge on any atom is -0.272 e. The molecule has 6 rings (SSSR count). The number of amides is 3. The largest absolute Gasteiger partial charge is 0.272 e. The van der Waals surface area contributed by atoms with Crippen molar-refractivity contribution in [1.29, 1.82) is 0 Å². The molecule has 6 atom stereocenters. The van der Waals surface area contributed by atoms with Gasteiger partial charge >= 0.3 is 0 Å². The van der Waals surface area contributed by atoms with Crippen LogP contribution in [0.5, 0.6) is 0 Å². The maximum atomic E-state index is 12.8. The lowest BCUT2D eigenvalue weighted by Crippen LogP contribution is -2.46. The first-order chi connectivity index (χ1) is 12.5. The highest BCUT2D eigenvalue weighted by Crippen LogP contribution is 2.65. The number of allylic oxidation sites excluding steroid dienone is 2. The summed E-state index contributed by atoms with van der Waals surface area (Å²) in [5.41, 5.74) is 2.41. The molecule has 0 radical (unpaired) electrons. The molecule has 26 heavy (non-hydrogen) atoms. The normalized spacial score (nSPS) is 35.9. The molecule has 132 valence electrons. The zero-order chi connectivity index (χ0) is 18.2. The van der Waals surface area contributed by atoms with Gasteiger partial charge < -0.3 is 0 Å². The van der Waals surface area contributed by atoms with Crippen molar-refractivity contribution in [2.45, 2.75) is 6.42 Å². The lowest BCUT2D eigenvalue weighted by Gasteiger charge is -2.37. The van der Waals surface area contributed by atoms with Crippen LogP contribution in [0, 0.1) is 45.6 Å². The number of benzene rings is 1. The van der Waals surface area contributed by atoms with Crippen molar-refractivity contribution in [3.63, 3.8) is 0 Å². The van der Waals surface area contributed by atoms with Crippen molar-refractivity contribution < 1.29 is 19.3 Å². The summed E-state index contributed by atoms with van der Waals surface area (Å²) in [5, 5.41) is 11.5. The summed E-state index contributed by atoms with van der Waals surface area (Å²) in [6.45, 7) is 0. The molecule has 1 aliphatic heterocycles. The summed E-state index contributed by atoms with van der Waals surface area (Å²) >= 11 is 0. The summed E-state index contributed by atoms with van der Waals surface area (Å²) in [6, 6.07) is 5.01. The summed E-state index contributed by atoms with van der Waals surface area (Å²) in [5.74, 6) is -0.912. The van der Waals surface area contributed by atoms with Crippen LogP contribution in [0.25, 0.3) is 0 Å². The van der Waals surface area contributed by atoms with E-state index in [0.29, 0.717) is 11.8 Å². The highest BCUT2D eigenvalue weighted by Gasteiger charge is 2.67. The molecule has 0 spiro atoms. The van der Waals surface area contributed by atoms with Gasteiger partial charge in [0.25, 0.3) is 23.4 Å². The molecule has 5 aliphatic rings. The van der Waals surface area contributed by atoms with Crippen molar-refractivity contribution in [1.82, 2.24) is 10.4 Å². The predicted molar refractivity (Wildman–Crippen MR) is 87.1 cm³/mol. The third-order valence-electron chi connectivity index (χ3n) is 6.22. The van der Waals surface area contributed by atoms with Gasteiger partial charge in [-0.2, -0.15) is 5.01 Å². The first-order valence-electron chi connectivity index (χ1n) is 8.59. The molecule has 3 amide bonds. The fourth-order valence-electron chi connectivity index (χ4n) is 4.97. The van der Waals surface area contributed by atoms with Gasteiger partial charge in [-0.1, -0.05) is 12.2 Å². The zero-order valence-corrected chi connectivity index (χ0v) is 13.6. The van der Waals surface area contributed by atoms with Crippen molar-refractivity contribution in [3.05, 3.63) is 52.1 Å². The van der Waals surface area contributed by atoms with Crippen molar-refractivity contribution in [2.75, 3.05) is 0 Å². The van der Waals surface area contributed by atoms with Crippen LogP contribution in [-0.4, -0.2) is 27.7 Å². The molecule has 1 N–H and O–H groups in total. The number of hydrogen-bond acceptors (Lipinski definition) is 5. The van der Waals surface area contributed by atoms with Crippen LogP contribution in [0.3, 0.4) is 0 Å². The first-order valence-corrected chi connectivity index (χ1v) is 8.59. The van der Waals surface area contributed by atoms with Gasteiger partial charge in [-0.3, -0.25) is 29.9 Å². The average Bonchev–Trinajstić information content (AvgIpc) is 3.43. The number of carbonyl (C=O) groups is 3. The van der Waals surface area contributed by atoms with Crippen molar-refractivity contribution in [3.8, 4) is 0 Å². The SMILES string of the molecule is O=C(NN1C(=O)[C@@H]2C3C=CC(C4CC43)[C@@H]2C1=O)c1ccc([N+](=O)[O-])cc1. The average molecular weight is 353 g/mol. The molecule has 8 nitrogen and oxygen atoms in total. The highest BCUT2D eigenvalue weighted by atomic mass is 16.6. The Bertz CT molecular complexity index is 857. The van der Waals surface area contributed by atoms with E-state index in [1.165, 1.54) is 24.3 Å². The van der Waals surface area contributed by atoms with E-state index in [0.717, 1.165) is 11.4 Å². The molecular formula is C18H15N3O5. The number of carbonyl (C=O) groups excluding carboxylic acids is 3. The summed E-state index contributed by atoms with van der Waals surface area (Å²) < 4.78 is 0. The van der Waals surface area contributed by atoms with E-state index >= 15 is 0 Å². The summed E-state index contributed by atoms with van der Waals surface area (Å²) in [6.07, 6.45) is 5.20. The fourth-order valence-corrected chi connectivity index (χ4v) is 4.97. The molecule has 1 saturated heterocycles. The molecule has 4 unspecified atom stereocenters. The van der Waals surface area contributed by atoms with Gasteiger partial charge in [0.1, 0.15) is 0 Å². The predicted octanol–water partition coefficient (Wildman–Crippen LogP) is 1.29. The van der Waals surface area contributed by atoms with Crippen LogP contribution in [-0.2, 0) is 9.59 Å². The fraction of sp³-hybridized carbons (Fsp3) is 0.389. The molecule has 1 aromatic rings. The number of imide groups is 1. The van der Waals surface area contributed by atoms with Crippen molar-refractivity contribution >= 4 is 23.4 Å². The Hall–Kier alpha value is -3.03. The molecule has 4 aliphatic carbocycles. The number of hydrogen-bond donors (Lipinski definition) is 1. The van der Waals surface area contributed by atoms with E-state index in [2.05, 4.69) is 17.6 Å². The van der Waals surface area contributed by atoms with Gasteiger partial charge in [0.05, 0.1) is 16.8 Å². The van der Waals surface area contributed by atoms with E-state index in [9.17, 15) is 24.5 Å². The van der Waals surface area contributed by atoms with Crippen LogP contribution in [0.1, 0.15) is 16.8 Å². The molecule has 1 heterocycles. The number of nitrogens with one attached hydrogen (secondary N) is 1. The van der Waals surface area contributed by atoms with Gasteiger partial charge in [0.2, 0.25) is 0 Å². The minimum absolute atomic E-state index is 0.0905. The second-order valence-electron chi connectivity index (χ2n) is 7.41. The van der Waals surface area contributed by atoms with Crippen LogP contribution in [0.4, 0.5) is 5.69 Å². The maximum absolute atomic E-state index is 12.8. The molecule has 2 bridgehead atoms. The topological polar surface area (TPSA) is 110 Å². The Morgan fingerprint density at radius 2 is 1.58 bits per heavy atom. The Labute approximate surface area is 148 Å². The van der Waals surface area contributed by atoms with E-state index in [4.69, 9.17) is 0 Å². The Morgan fingerprint density at radius 1 is 1.04 bits per heavy atom. The summed E-state index contributed by atoms with van der Waals surface area (Å²) in [4.78, 5) is 48.1. The Morgan fingerprint density at radius 3 is 2.08 bits per heavy atom. The zero-order valence-electron chi connectivity index (χ0n) is 13.6. The quantitative estimate of drug-likeness (QED) is 0.381. The van der Waals surface area contributed by atoms with Crippen LogP contribution >= 0.6 is 0 Å². The lowest BCUT2D eigenvalue weighted by molar-refractivity contribution is -0.384. The molecule has 0 aromatic heterocycles. The third-order valence-corrected chi connectivity index (χ3v) is 6.22. The van der Waals surface area contributed by atoms with E-state index in [-0.39, 0.29) is 46.7 Å². The van der Waals surface area contributed by atoms with Gasteiger partial charge in [0.15, 0.2) is 0 Å². The highest BCUT2D eigenvalue weighted by molar-refractivity contribution is 6.08. The number of nitro groups is 1. The van der Waals surface area contributed by atoms with Crippen LogP contribution < -0.4 is 5.43 Å². The van der Waals surface area contributed by atoms with Gasteiger partial charge in [-0.05, 0) is 42.2 Å². The third kappa shape index (κ3) is 1.92. The molecule has 8 heteroatoms. The maximum Gasteiger partial charge on any atom is 0.270 e. The monoisotopic (exact) mass is 353 g/mol.